The summed E-state index contributed by atoms with van der Waals surface area (Å²) < 4.78 is 30.4. The van der Waals surface area contributed by atoms with E-state index in [2.05, 4.69) is 5.32 Å². The van der Waals surface area contributed by atoms with Crippen molar-refractivity contribution in [3.8, 4) is 11.5 Å². The third-order valence-corrected chi connectivity index (χ3v) is 5.48. The van der Waals surface area contributed by atoms with Crippen LogP contribution < -0.4 is 20.4 Å². The Morgan fingerprint density at radius 2 is 1.81 bits per heavy atom. The Bertz CT molecular complexity index is 1380. The van der Waals surface area contributed by atoms with Crippen LogP contribution in [0.1, 0.15) is 17.0 Å². The highest BCUT2D eigenvalue weighted by molar-refractivity contribution is 5.97. The number of hydrogen-bond acceptors (Lipinski definition) is 5. The van der Waals surface area contributed by atoms with Gasteiger partial charge in [-0.25, -0.2) is 9.18 Å². The minimum Gasteiger partial charge on any atom is -0.497 e. The number of amides is 1. The maximum absolute atomic E-state index is 13.6. The first-order valence-electron chi connectivity index (χ1n) is 9.98. The lowest BCUT2D eigenvalue weighted by molar-refractivity contribution is -0.122. The van der Waals surface area contributed by atoms with Gasteiger partial charge in [0.1, 0.15) is 22.9 Å². The quantitative estimate of drug-likeness (QED) is 0.483. The van der Waals surface area contributed by atoms with Crippen molar-refractivity contribution in [2.75, 3.05) is 12.4 Å². The highest BCUT2D eigenvalue weighted by Gasteiger charge is 2.44. The van der Waals surface area contributed by atoms with Gasteiger partial charge in [0.05, 0.1) is 24.0 Å². The van der Waals surface area contributed by atoms with Crippen molar-refractivity contribution >= 4 is 22.6 Å². The fourth-order valence-electron chi connectivity index (χ4n) is 4.01. The largest absolute Gasteiger partial charge is 0.497 e. The number of anilines is 1. The van der Waals surface area contributed by atoms with Crippen LogP contribution in [0.5, 0.6) is 11.5 Å². The molecule has 0 aliphatic carbocycles. The smallest absolute Gasteiger partial charge is 0.344 e. The molecule has 1 amide bonds. The Morgan fingerprint density at radius 3 is 2.59 bits per heavy atom. The van der Waals surface area contributed by atoms with Gasteiger partial charge in [-0.05, 0) is 42.0 Å². The van der Waals surface area contributed by atoms with Crippen LogP contribution in [-0.2, 0) is 4.79 Å². The molecular weight excluding hydrogens is 413 g/mol. The van der Waals surface area contributed by atoms with E-state index in [1.54, 1.807) is 60.7 Å². The molecule has 0 saturated carbocycles. The van der Waals surface area contributed by atoms with E-state index in [1.807, 2.05) is 0 Å². The number of carbonyl (C=O) groups is 1. The van der Waals surface area contributed by atoms with Gasteiger partial charge in [-0.15, -0.1) is 0 Å². The van der Waals surface area contributed by atoms with Crippen LogP contribution in [-0.4, -0.2) is 19.1 Å². The molecule has 0 spiro atoms. The maximum atomic E-state index is 13.6. The Hall–Kier alpha value is -4.13. The fraction of sp³-hybridized carbons (Fsp3) is 0.120. The van der Waals surface area contributed by atoms with Gasteiger partial charge in [0.2, 0.25) is 0 Å². The molecule has 32 heavy (non-hydrogen) atoms. The van der Waals surface area contributed by atoms with Gasteiger partial charge in [0, 0.05) is 11.8 Å². The lowest BCUT2D eigenvalue weighted by Crippen LogP contribution is -2.35. The van der Waals surface area contributed by atoms with Crippen LogP contribution in [0.2, 0.25) is 0 Å². The maximum Gasteiger partial charge on any atom is 0.344 e. The summed E-state index contributed by atoms with van der Waals surface area (Å²) in [5.41, 5.74) is 1.09. The topological polar surface area (TPSA) is 77.8 Å². The third kappa shape index (κ3) is 3.37. The van der Waals surface area contributed by atoms with Gasteiger partial charge in [0.15, 0.2) is 6.10 Å². The molecule has 3 aromatic carbocycles. The molecule has 0 saturated heterocycles. The van der Waals surface area contributed by atoms with Crippen LogP contribution in [0.3, 0.4) is 0 Å². The number of para-hydroxylation sites is 1. The number of halogens is 1. The number of benzene rings is 3. The zero-order chi connectivity index (χ0) is 22.2. The molecule has 1 aromatic heterocycles. The number of fused-ring (bicyclic) bond motifs is 3. The second kappa shape index (κ2) is 7.85. The van der Waals surface area contributed by atoms with Gasteiger partial charge in [-0.3, -0.25) is 4.79 Å². The summed E-state index contributed by atoms with van der Waals surface area (Å²) in [5.74, 6) is -0.753. The van der Waals surface area contributed by atoms with Crippen molar-refractivity contribution in [2.24, 2.45) is 0 Å². The molecule has 0 radical (unpaired) electrons. The number of rotatable bonds is 4. The van der Waals surface area contributed by atoms with Crippen molar-refractivity contribution in [2.45, 2.75) is 12.0 Å². The molecule has 1 N–H and O–H groups in total. The first kappa shape index (κ1) is 19.8. The summed E-state index contributed by atoms with van der Waals surface area (Å²) in [4.78, 5) is 26.2. The van der Waals surface area contributed by atoms with Gasteiger partial charge in [-0.1, -0.05) is 30.3 Å². The van der Waals surface area contributed by atoms with Gasteiger partial charge in [-0.2, -0.15) is 0 Å². The van der Waals surface area contributed by atoms with Crippen molar-refractivity contribution < 1.29 is 23.1 Å². The number of ether oxygens (including phenoxy) is 2. The van der Waals surface area contributed by atoms with E-state index in [-0.39, 0.29) is 5.56 Å². The number of nitrogens with one attached hydrogen (secondary N) is 1. The molecule has 1 aliphatic rings. The monoisotopic (exact) mass is 431 g/mol. The highest BCUT2D eigenvalue weighted by atomic mass is 19.1. The Balaban J connectivity index is 1.61. The average molecular weight is 431 g/mol. The number of methoxy groups -OCH3 is 1. The number of hydrogen-bond donors (Lipinski definition) is 1. The Morgan fingerprint density at radius 1 is 1.03 bits per heavy atom. The summed E-state index contributed by atoms with van der Waals surface area (Å²) in [7, 11) is 1.53. The minimum atomic E-state index is -1.06. The lowest BCUT2D eigenvalue weighted by Gasteiger charge is -2.19. The van der Waals surface area contributed by atoms with Crippen molar-refractivity contribution in [3.05, 3.63) is 100 Å². The lowest BCUT2D eigenvalue weighted by atomic mass is 9.88. The summed E-state index contributed by atoms with van der Waals surface area (Å²) in [6.45, 7) is 0. The van der Waals surface area contributed by atoms with E-state index in [0.29, 0.717) is 33.7 Å². The van der Waals surface area contributed by atoms with E-state index in [1.165, 1.54) is 19.2 Å². The molecule has 1 aliphatic heterocycles. The molecule has 0 unspecified atom stereocenters. The molecule has 4 aromatic rings. The molecule has 0 bridgehead atoms. The average Bonchev–Trinajstić information content (AvgIpc) is 3.22. The second-order valence-corrected chi connectivity index (χ2v) is 7.42. The van der Waals surface area contributed by atoms with Gasteiger partial charge < -0.3 is 19.2 Å². The zero-order valence-electron chi connectivity index (χ0n) is 17.0. The van der Waals surface area contributed by atoms with E-state index in [0.717, 1.165) is 0 Å². The molecule has 2 heterocycles. The number of carbonyl (C=O) groups excluding carboxylic acids is 1. The van der Waals surface area contributed by atoms with E-state index in [9.17, 15) is 14.0 Å². The SMILES string of the molecule is COc1cccc(NC(=O)[C@H]2Oc3c(c(=O)oc4ccccc34)[C@H]2c2ccc(F)cc2)c1. The highest BCUT2D eigenvalue weighted by Crippen LogP contribution is 2.44. The van der Waals surface area contributed by atoms with Gasteiger partial charge >= 0.3 is 5.63 Å². The molecule has 7 heteroatoms. The summed E-state index contributed by atoms with van der Waals surface area (Å²) in [5, 5.41) is 3.41. The van der Waals surface area contributed by atoms with E-state index in [4.69, 9.17) is 13.9 Å². The first-order chi connectivity index (χ1) is 15.5. The minimum absolute atomic E-state index is 0.237. The second-order valence-electron chi connectivity index (χ2n) is 7.42. The molecule has 6 nitrogen and oxygen atoms in total. The predicted octanol–water partition coefficient (Wildman–Crippen LogP) is 4.47. The molecule has 5 rings (SSSR count). The van der Waals surface area contributed by atoms with Crippen LogP contribution in [0.15, 0.2) is 82.0 Å². The van der Waals surface area contributed by atoms with Crippen LogP contribution in [0.25, 0.3) is 11.0 Å². The summed E-state index contributed by atoms with van der Waals surface area (Å²) in [6, 6.07) is 19.5. The van der Waals surface area contributed by atoms with E-state index >= 15 is 0 Å². The Labute approximate surface area is 182 Å². The van der Waals surface area contributed by atoms with Crippen molar-refractivity contribution in [3.63, 3.8) is 0 Å². The molecule has 2 atom stereocenters. The normalized spacial score (nSPS) is 16.9. The van der Waals surface area contributed by atoms with Crippen molar-refractivity contribution in [1.82, 2.24) is 0 Å². The molecular formula is C25H18FNO5. The fourth-order valence-corrected chi connectivity index (χ4v) is 4.01. The van der Waals surface area contributed by atoms with Gasteiger partial charge in [0.25, 0.3) is 5.91 Å². The first-order valence-corrected chi connectivity index (χ1v) is 9.98. The van der Waals surface area contributed by atoms with Crippen LogP contribution in [0, 0.1) is 5.82 Å². The van der Waals surface area contributed by atoms with Crippen LogP contribution >= 0.6 is 0 Å². The standard InChI is InChI=1S/C25H18FNO5/c1-30-17-6-4-5-16(13-17)27-24(28)23-20(14-9-11-15(26)12-10-14)21-22(32-23)18-7-2-3-8-19(18)31-25(21)29/h2-13,20,23H,1H3,(H,27,28)/t20-,23+/m1/s1. The van der Waals surface area contributed by atoms with E-state index < -0.39 is 29.4 Å². The zero-order valence-corrected chi connectivity index (χ0v) is 17.0. The predicted molar refractivity (Wildman–Crippen MR) is 117 cm³/mol. The summed E-state index contributed by atoms with van der Waals surface area (Å²) >= 11 is 0. The molecule has 160 valence electrons. The third-order valence-electron chi connectivity index (χ3n) is 5.48. The molecule has 0 fully saturated rings. The van der Waals surface area contributed by atoms with Crippen molar-refractivity contribution in [1.29, 1.82) is 0 Å². The van der Waals surface area contributed by atoms with Crippen LogP contribution in [0.4, 0.5) is 10.1 Å². The Kier molecular flexibility index (Phi) is 4.86. The summed E-state index contributed by atoms with van der Waals surface area (Å²) in [6.07, 6.45) is -1.06.